The smallest absolute Gasteiger partial charge is 0.222 e. The predicted octanol–water partition coefficient (Wildman–Crippen LogP) is 1.48. The molecule has 3 nitrogen and oxygen atoms in total. The third-order valence-corrected chi connectivity index (χ3v) is 3.68. The summed E-state index contributed by atoms with van der Waals surface area (Å²) in [5.74, 6) is 0.375. The van der Waals surface area contributed by atoms with Gasteiger partial charge in [-0.25, -0.2) is 0 Å². The molecule has 2 fully saturated rings. The summed E-state index contributed by atoms with van der Waals surface area (Å²) >= 11 is 0. The first-order chi connectivity index (χ1) is 6.98. The average molecular weight is 210 g/mol. The number of fused-ring (bicyclic) bond motifs is 1. The minimum atomic E-state index is 0.243. The summed E-state index contributed by atoms with van der Waals surface area (Å²) in [6, 6.07) is 0.485. The molecule has 1 atom stereocenters. The fraction of sp³-hybridized carbons (Fsp3) is 0.917. The van der Waals surface area contributed by atoms with E-state index in [1.807, 2.05) is 0 Å². The first-order valence-electron chi connectivity index (χ1n) is 6.03. The maximum absolute atomic E-state index is 11.7. The largest absolute Gasteiger partial charge is 0.337 e. The third kappa shape index (κ3) is 2.17. The molecule has 2 aliphatic heterocycles. The Morgan fingerprint density at radius 3 is 2.67 bits per heavy atom. The van der Waals surface area contributed by atoms with Gasteiger partial charge in [-0.1, -0.05) is 0 Å². The van der Waals surface area contributed by atoms with E-state index in [1.165, 1.54) is 6.42 Å². The number of amides is 1. The van der Waals surface area contributed by atoms with Crippen molar-refractivity contribution in [3.05, 3.63) is 0 Å². The first-order valence-corrected chi connectivity index (χ1v) is 6.03. The molecular weight excluding hydrogens is 188 g/mol. The van der Waals surface area contributed by atoms with Gasteiger partial charge in [0, 0.05) is 37.6 Å². The molecule has 0 spiro atoms. The summed E-state index contributed by atoms with van der Waals surface area (Å²) in [5.41, 5.74) is 0.243. The first kappa shape index (κ1) is 10.9. The van der Waals surface area contributed by atoms with Crippen molar-refractivity contribution in [2.45, 2.75) is 51.6 Å². The second-order valence-electron chi connectivity index (χ2n) is 5.75. The van der Waals surface area contributed by atoms with Crippen molar-refractivity contribution in [1.29, 1.82) is 0 Å². The number of hydrogen-bond donors (Lipinski definition) is 0. The highest BCUT2D eigenvalue weighted by Crippen LogP contribution is 2.25. The van der Waals surface area contributed by atoms with Crippen LogP contribution in [0.2, 0.25) is 0 Å². The van der Waals surface area contributed by atoms with Gasteiger partial charge in [0.15, 0.2) is 0 Å². The zero-order chi connectivity index (χ0) is 11.1. The van der Waals surface area contributed by atoms with E-state index >= 15 is 0 Å². The Morgan fingerprint density at radius 1 is 1.27 bits per heavy atom. The molecule has 0 aromatic carbocycles. The van der Waals surface area contributed by atoms with Gasteiger partial charge >= 0.3 is 0 Å². The highest BCUT2D eigenvalue weighted by molar-refractivity contribution is 5.77. The van der Waals surface area contributed by atoms with Crippen LogP contribution in [0.4, 0.5) is 0 Å². The van der Waals surface area contributed by atoms with Crippen molar-refractivity contribution in [2.24, 2.45) is 0 Å². The molecule has 0 N–H and O–H groups in total. The Labute approximate surface area is 92.4 Å². The van der Waals surface area contributed by atoms with Gasteiger partial charge in [0.05, 0.1) is 0 Å². The van der Waals surface area contributed by atoms with Crippen molar-refractivity contribution in [3.63, 3.8) is 0 Å². The van der Waals surface area contributed by atoms with Gasteiger partial charge in [-0.05, 0) is 33.6 Å². The van der Waals surface area contributed by atoms with Gasteiger partial charge in [-0.15, -0.1) is 0 Å². The molecule has 0 aromatic rings. The second kappa shape index (κ2) is 3.78. The molecule has 0 radical (unpaired) electrons. The maximum Gasteiger partial charge on any atom is 0.222 e. The monoisotopic (exact) mass is 210 g/mol. The molecule has 2 rings (SSSR count). The number of carbonyl (C=O) groups is 1. The Balaban J connectivity index is 2.03. The third-order valence-electron chi connectivity index (χ3n) is 3.68. The minimum absolute atomic E-state index is 0.243. The zero-order valence-corrected chi connectivity index (χ0v) is 10.1. The van der Waals surface area contributed by atoms with Crippen LogP contribution in [0.3, 0.4) is 0 Å². The zero-order valence-electron chi connectivity index (χ0n) is 10.1. The second-order valence-corrected chi connectivity index (χ2v) is 5.75. The summed E-state index contributed by atoms with van der Waals surface area (Å²) in [6.45, 7) is 9.80. The lowest BCUT2D eigenvalue weighted by molar-refractivity contribution is -0.140. The van der Waals surface area contributed by atoms with Crippen LogP contribution in [0.25, 0.3) is 0 Å². The molecule has 0 aliphatic carbocycles. The van der Waals surface area contributed by atoms with Gasteiger partial charge in [0.2, 0.25) is 5.91 Å². The van der Waals surface area contributed by atoms with Crippen LogP contribution in [0.5, 0.6) is 0 Å². The molecule has 15 heavy (non-hydrogen) atoms. The van der Waals surface area contributed by atoms with E-state index < -0.39 is 0 Å². The molecule has 86 valence electrons. The number of carbonyl (C=O) groups excluding carboxylic acids is 1. The summed E-state index contributed by atoms with van der Waals surface area (Å²) in [7, 11) is 0. The molecule has 0 bridgehead atoms. The molecule has 2 aliphatic rings. The van der Waals surface area contributed by atoms with Gasteiger partial charge in [-0.3, -0.25) is 9.69 Å². The minimum Gasteiger partial charge on any atom is -0.337 e. The van der Waals surface area contributed by atoms with Crippen LogP contribution in [-0.2, 0) is 4.79 Å². The van der Waals surface area contributed by atoms with Gasteiger partial charge in [0.1, 0.15) is 0 Å². The van der Waals surface area contributed by atoms with Crippen LogP contribution < -0.4 is 0 Å². The SMILES string of the molecule is CC(C)(C)N1CCN2C(=O)CCCC2C1. The van der Waals surface area contributed by atoms with E-state index in [9.17, 15) is 4.79 Å². The van der Waals surface area contributed by atoms with E-state index in [1.54, 1.807) is 0 Å². The molecule has 0 aromatic heterocycles. The van der Waals surface area contributed by atoms with E-state index in [-0.39, 0.29) is 5.54 Å². The Bertz CT molecular complexity index is 257. The van der Waals surface area contributed by atoms with Crippen LogP contribution in [0, 0.1) is 0 Å². The standard InChI is InChI=1S/C12H22N2O/c1-12(2,3)13-7-8-14-10(9-13)5-4-6-11(14)15/h10H,4-9H2,1-3H3. The molecule has 1 unspecified atom stereocenters. The summed E-state index contributed by atoms with van der Waals surface area (Å²) in [6.07, 6.45) is 3.04. The predicted molar refractivity (Wildman–Crippen MR) is 60.7 cm³/mol. The Morgan fingerprint density at radius 2 is 2.00 bits per heavy atom. The van der Waals surface area contributed by atoms with Crippen LogP contribution in [-0.4, -0.2) is 46.9 Å². The number of piperazine rings is 1. The molecule has 3 heteroatoms. The lowest BCUT2D eigenvalue weighted by atomic mass is 9.95. The molecule has 1 amide bonds. The molecule has 2 saturated heterocycles. The van der Waals surface area contributed by atoms with Crippen LogP contribution in [0.1, 0.15) is 40.0 Å². The molecule has 2 heterocycles. The van der Waals surface area contributed by atoms with Crippen LogP contribution in [0.15, 0.2) is 0 Å². The Hall–Kier alpha value is -0.570. The number of nitrogens with zero attached hydrogens (tertiary/aromatic N) is 2. The number of hydrogen-bond acceptors (Lipinski definition) is 2. The van der Waals surface area contributed by atoms with E-state index in [0.29, 0.717) is 11.9 Å². The van der Waals surface area contributed by atoms with Crippen LogP contribution >= 0.6 is 0 Å². The lowest BCUT2D eigenvalue weighted by Crippen LogP contribution is -2.60. The van der Waals surface area contributed by atoms with Crippen molar-refractivity contribution >= 4 is 5.91 Å². The Kier molecular flexibility index (Phi) is 2.75. The van der Waals surface area contributed by atoms with Gasteiger partial charge in [0.25, 0.3) is 0 Å². The van der Waals surface area contributed by atoms with Crippen molar-refractivity contribution in [2.75, 3.05) is 19.6 Å². The quantitative estimate of drug-likeness (QED) is 0.604. The van der Waals surface area contributed by atoms with Gasteiger partial charge in [-0.2, -0.15) is 0 Å². The number of piperidine rings is 1. The van der Waals surface area contributed by atoms with Crippen molar-refractivity contribution < 1.29 is 4.79 Å². The van der Waals surface area contributed by atoms with E-state index in [2.05, 4.69) is 30.6 Å². The number of rotatable bonds is 0. The summed E-state index contributed by atoms with van der Waals surface area (Å²) in [5, 5.41) is 0. The average Bonchev–Trinajstić information content (AvgIpc) is 2.16. The highest BCUT2D eigenvalue weighted by atomic mass is 16.2. The fourth-order valence-electron chi connectivity index (χ4n) is 2.67. The van der Waals surface area contributed by atoms with E-state index in [4.69, 9.17) is 0 Å². The lowest BCUT2D eigenvalue weighted by Gasteiger charge is -2.48. The van der Waals surface area contributed by atoms with E-state index in [0.717, 1.165) is 32.5 Å². The highest BCUT2D eigenvalue weighted by Gasteiger charge is 2.36. The van der Waals surface area contributed by atoms with Gasteiger partial charge < -0.3 is 4.90 Å². The molecule has 0 saturated carbocycles. The topological polar surface area (TPSA) is 23.6 Å². The summed E-state index contributed by atoms with van der Waals surface area (Å²) in [4.78, 5) is 16.3. The summed E-state index contributed by atoms with van der Waals surface area (Å²) < 4.78 is 0. The fourth-order valence-corrected chi connectivity index (χ4v) is 2.67. The normalized spacial score (nSPS) is 29.1. The van der Waals surface area contributed by atoms with Crippen molar-refractivity contribution in [1.82, 2.24) is 9.80 Å². The molecular formula is C12H22N2O. The maximum atomic E-state index is 11.7. The van der Waals surface area contributed by atoms with Crippen molar-refractivity contribution in [3.8, 4) is 0 Å².